The molecule has 0 unspecified atom stereocenters. The number of aryl methyl sites for hydroxylation is 2. The summed E-state index contributed by atoms with van der Waals surface area (Å²) in [5.74, 6) is -0.290. The van der Waals surface area contributed by atoms with Crippen molar-refractivity contribution in [3.63, 3.8) is 0 Å². The van der Waals surface area contributed by atoms with E-state index < -0.39 is 5.91 Å². The number of nitrogens with one attached hydrogen (secondary N) is 1. The average molecular weight is 364 g/mol. The zero-order chi connectivity index (χ0) is 19.0. The summed E-state index contributed by atoms with van der Waals surface area (Å²) in [6.07, 6.45) is 3.22. The number of likely N-dealkylation sites (tertiary alicyclic amines) is 1. The number of hydroxylamine groups is 1. The lowest BCUT2D eigenvalue weighted by atomic mass is 9.70. The van der Waals surface area contributed by atoms with E-state index in [1.54, 1.807) is 11.5 Å². The molecule has 1 fully saturated rings. The number of nitrogens with zero attached hydrogens (tertiary/aromatic N) is 1. The summed E-state index contributed by atoms with van der Waals surface area (Å²) in [5, 5.41) is 8.87. The Morgan fingerprint density at radius 3 is 2.67 bits per heavy atom. The summed E-state index contributed by atoms with van der Waals surface area (Å²) in [7, 11) is 0. The van der Waals surface area contributed by atoms with Crippen molar-refractivity contribution >= 4 is 11.8 Å². The fraction of sp³-hybridized carbons (Fsp3) is 0.364. The van der Waals surface area contributed by atoms with Crippen molar-refractivity contribution in [2.45, 2.75) is 39.2 Å². The quantitative estimate of drug-likeness (QED) is 0.650. The number of carbonyl (C=O) groups is 2. The zero-order valence-electron chi connectivity index (χ0n) is 15.5. The Bertz CT molecular complexity index is 891. The molecular weight excluding hydrogens is 340 g/mol. The van der Waals surface area contributed by atoms with Crippen molar-refractivity contribution in [1.82, 2.24) is 10.4 Å². The monoisotopic (exact) mass is 364 g/mol. The lowest BCUT2D eigenvalue weighted by molar-refractivity contribution is -0.137. The molecular formula is C22H24N2O3. The molecule has 5 nitrogen and oxygen atoms in total. The summed E-state index contributed by atoms with van der Waals surface area (Å²) in [5.41, 5.74) is 6.37. The van der Waals surface area contributed by atoms with E-state index in [2.05, 4.69) is 31.2 Å². The van der Waals surface area contributed by atoms with Crippen LogP contribution in [0.5, 0.6) is 0 Å². The van der Waals surface area contributed by atoms with Gasteiger partial charge in [-0.25, -0.2) is 5.48 Å². The van der Waals surface area contributed by atoms with Crippen LogP contribution in [0.3, 0.4) is 0 Å². The van der Waals surface area contributed by atoms with Gasteiger partial charge in [-0.05, 0) is 61.4 Å². The maximum atomic E-state index is 13.2. The minimum absolute atomic E-state index is 0.228. The van der Waals surface area contributed by atoms with Gasteiger partial charge in [-0.2, -0.15) is 0 Å². The van der Waals surface area contributed by atoms with Crippen LogP contribution in [-0.2, 0) is 24.2 Å². The second-order valence-corrected chi connectivity index (χ2v) is 7.84. The lowest BCUT2D eigenvalue weighted by Gasteiger charge is -2.33. The van der Waals surface area contributed by atoms with E-state index in [9.17, 15) is 9.59 Å². The van der Waals surface area contributed by atoms with Gasteiger partial charge in [-0.3, -0.25) is 14.8 Å². The standard InChI is InChI=1S/C22H24N2O3/c1-15-2-4-16(5-3-15)14-24-11-10-22(21(24)26)9-8-17-6-7-18(20(25)23-27)12-19(17)13-22/h2-7,12,27H,8-11,13-14H2,1H3,(H,23,25)/t22-/m1/s1. The first-order chi connectivity index (χ1) is 13.0. The largest absolute Gasteiger partial charge is 0.338 e. The molecule has 4 rings (SSSR count). The van der Waals surface area contributed by atoms with Crippen LogP contribution >= 0.6 is 0 Å². The highest BCUT2D eigenvalue weighted by atomic mass is 16.5. The van der Waals surface area contributed by atoms with E-state index in [1.807, 2.05) is 17.0 Å². The Morgan fingerprint density at radius 2 is 1.93 bits per heavy atom. The summed E-state index contributed by atoms with van der Waals surface area (Å²) in [6.45, 7) is 3.49. The van der Waals surface area contributed by atoms with Crippen molar-refractivity contribution in [1.29, 1.82) is 0 Å². The van der Waals surface area contributed by atoms with Gasteiger partial charge in [0.05, 0.1) is 5.41 Å². The Labute approximate surface area is 159 Å². The Balaban J connectivity index is 1.54. The molecule has 5 heteroatoms. The van der Waals surface area contributed by atoms with Crippen LogP contribution in [0.25, 0.3) is 0 Å². The van der Waals surface area contributed by atoms with Gasteiger partial charge in [0.1, 0.15) is 0 Å². The summed E-state index contributed by atoms with van der Waals surface area (Å²) >= 11 is 0. The highest BCUT2D eigenvalue weighted by Gasteiger charge is 2.47. The van der Waals surface area contributed by atoms with Crippen LogP contribution in [0.1, 0.15) is 45.5 Å². The van der Waals surface area contributed by atoms with Gasteiger partial charge in [-0.15, -0.1) is 0 Å². The third-order valence-corrected chi connectivity index (χ3v) is 6.07. The Kier molecular flexibility index (Phi) is 4.48. The predicted octanol–water partition coefficient (Wildman–Crippen LogP) is 3.02. The number of benzene rings is 2. The van der Waals surface area contributed by atoms with Crippen LogP contribution in [0.15, 0.2) is 42.5 Å². The van der Waals surface area contributed by atoms with E-state index in [0.29, 0.717) is 18.5 Å². The maximum absolute atomic E-state index is 13.2. The molecule has 0 bridgehead atoms. The molecule has 2 N–H and O–H groups in total. The molecule has 2 amide bonds. The number of hydrogen-bond donors (Lipinski definition) is 2. The van der Waals surface area contributed by atoms with E-state index in [0.717, 1.165) is 36.9 Å². The average Bonchev–Trinajstić information content (AvgIpc) is 2.98. The fourth-order valence-corrected chi connectivity index (χ4v) is 4.42. The molecule has 1 spiro atoms. The minimum atomic E-state index is -0.517. The fourth-order valence-electron chi connectivity index (χ4n) is 4.42. The van der Waals surface area contributed by atoms with Crippen molar-refractivity contribution < 1.29 is 14.8 Å². The molecule has 140 valence electrons. The normalized spacial score (nSPS) is 21.4. The SMILES string of the molecule is Cc1ccc(CN2CC[C@@]3(CCc4ccc(C(=O)NO)cc4C3)C2=O)cc1. The highest BCUT2D eigenvalue weighted by Crippen LogP contribution is 2.44. The molecule has 0 saturated carbocycles. The number of hydrogen-bond acceptors (Lipinski definition) is 3. The molecule has 2 aromatic carbocycles. The molecule has 2 aliphatic rings. The van der Waals surface area contributed by atoms with E-state index in [4.69, 9.17) is 5.21 Å². The first-order valence-corrected chi connectivity index (χ1v) is 9.42. The third kappa shape index (κ3) is 3.23. The van der Waals surface area contributed by atoms with E-state index in [1.165, 1.54) is 11.1 Å². The van der Waals surface area contributed by atoms with Gasteiger partial charge >= 0.3 is 0 Å². The van der Waals surface area contributed by atoms with Crippen molar-refractivity contribution in [2.24, 2.45) is 5.41 Å². The van der Waals surface area contributed by atoms with Crippen LogP contribution in [-0.4, -0.2) is 28.5 Å². The van der Waals surface area contributed by atoms with Gasteiger partial charge in [0.2, 0.25) is 5.91 Å². The molecule has 2 aromatic rings. The Hall–Kier alpha value is -2.66. The topological polar surface area (TPSA) is 69.6 Å². The minimum Gasteiger partial charge on any atom is -0.338 e. The van der Waals surface area contributed by atoms with Crippen LogP contribution in [0.2, 0.25) is 0 Å². The lowest BCUT2D eigenvalue weighted by Crippen LogP contribution is -2.38. The van der Waals surface area contributed by atoms with Gasteiger partial charge in [-0.1, -0.05) is 35.9 Å². The van der Waals surface area contributed by atoms with Crippen LogP contribution in [0, 0.1) is 12.3 Å². The van der Waals surface area contributed by atoms with Gasteiger partial charge in [0.15, 0.2) is 0 Å². The summed E-state index contributed by atoms with van der Waals surface area (Å²) in [6, 6.07) is 13.8. The number of carbonyl (C=O) groups excluding carboxylic acids is 2. The molecule has 27 heavy (non-hydrogen) atoms. The van der Waals surface area contributed by atoms with Crippen molar-refractivity contribution in [3.05, 3.63) is 70.3 Å². The molecule has 0 aromatic heterocycles. The predicted molar refractivity (Wildman–Crippen MR) is 101 cm³/mol. The molecule has 0 radical (unpaired) electrons. The molecule has 1 saturated heterocycles. The summed E-state index contributed by atoms with van der Waals surface area (Å²) in [4.78, 5) is 26.9. The number of amides is 2. The van der Waals surface area contributed by atoms with E-state index in [-0.39, 0.29) is 11.3 Å². The van der Waals surface area contributed by atoms with Gasteiger partial charge in [0, 0.05) is 18.7 Å². The van der Waals surface area contributed by atoms with Gasteiger partial charge in [0.25, 0.3) is 5.91 Å². The van der Waals surface area contributed by atoms with Gasteiger partial charge < -0.3 is 4.90 Å². The molecule has 1 aliphatic heterocycles. The second kappa shape index (κ2) is 6.82. The highest BCUT2D eigenvalue weighted by molar-refractivity contribution is 5.93. The zero-order valence-corrected chi connectivity index (χ0v) is 15.5. The molecule has 1 aliphatic carbocycles. The molecule has 1 atom stereocenters. The second-order valence-electron chi connectivity index (χ2n) is 7.84. The smallest absolute Gasteiger partial charge is 0.274 e. The molecule has 1 heterocycles. The number of rotatable bonds is 3. The third-order valence-electron chi connectivity index (χ3n) is 6.07. The first-order valence-electron chi connectivity index (χ1n) is 9.42. The van der Waals surface area contributed by atoms with Crippen LogP contribution < -0.4 is 5.48 Å². The summed E-state index contributed by atoms with van der Waals surface area (Å²) < 4.78 is 0. The van der Waals surface area contributed by atoms with E-state index >= 15 is 0 Å². The number of fused-ring (bicyclic) bond motifs is 1. The van der Waals surface area contributed by atoms with Crippen molar-refractivity contribution in [3.8, 4) is 0 Å². The first kappa shape index (κ1) is 17.7. The van der Waals surface area contributed by atoms with Crippen LogP contribution in [0.4, 0.5) is 0 Å². The Morgan fingerprint density at radius 1 is 1.15 bits per heavy atom. The maximum Gasteiger partial charge on any atom is 0.274 e. The van der Waals surface area contributed by atoms with Crippen molar-refractivity contribution in [2.75, 3.05) is 6.54 Å².